The van der Waals surface area contributed by atoms with Crippen LogP contribution in [0.25, 0.3) is 11.3 Å². The molecule has 0 amide bonds. The summed E-state index contributed by atoms with van der Waals surface area (Å²) in [6, 6.07) is 7.43. The Balaban J connectivity index is 1.85. The summed E-state index contributed by atoms with van der Waals surface area (Å²) in [5, 5.41) is 0. The smallest absolute Gasteiger partial charge is 0.262 e. The van der Waals surface area contributed by atoms with Gasteiger partial charge in [-0.25, -0.2) is 13.8 Å². The molecule has 0 unspecified atom stereocenters. The molecule has 6 heteroatoms. The summed E-state index contributed by atoms with van der Waals surface area (Å²) >= 11 is 3.38. The summed E-state index contributed by atoms with van der Waals surface area (Å²) in [7, 11) is 1.70. The van der Waals surface area contributed by atoms with Crippen molar-refractivity contribution in [2.75, 3.05) is 13.6 Å². The highest BCUT2D eigenvalue weighted by molar-refractivity contribution is 9.10. The van der Waals surface area contributed by atoms with E-state index >= 15 is 0 Å². The van der Waals surface area contributed by atoms with E-state index in [-0.39, 0.29) is 19.0 Å². The van der Waals surface area contributed by atoms with Gasteiger partial charge in [0.2, 0.25) is 0 Å². The Morgan fingerprint density at radius 3 is 2.65 bits per heavy atom. The number of alkyl halides is 2. The fraction of sp³-hybridized carbons (Fsp3) is 0.357. The number of likely N-dealkylation sites (tertiary alicyclic amines) is 1. The molecule has 0 aliphatic carbocycles. The summed E-state index contributed by atoms with van der Waals surface area (Å²) in [5.41, 5.74) is 1.83. The maximum absolute atomic E-state index is 13.4. The van der Waals surface area contributed by atoms with Crippen LogP contribution < -0.4 is 0 Å². The van der Waals surface area contributed by atoms with E-state index in [0.717, 1.165) is 15.7 Å². The lowest BCUT2D eigenvalue weighted by atomic mass is 10.1. The molecule has 0 saturated carbocycles. The van der Waals surface area contributed by atoms with Gasteiger partial charge in [-0.15, -0.1) is 0 Å². The Kier molecular flexibility index (Phi) is 3.38. The number of rotatable bonds is 2. The summed E-state index contributed by atoms with van der Waals surface area (Å²) in [4.78, 5) is 9.07. The molecule has 2 heterocycles. The number of aromatic amines is 1. The van der Waals surface area contributed by atoms with Crippen LogP contribution in [-0.2, 0) is 0 Å². The van der Waals surface area contributed by atoms with Crippen LogP contribution in [-0.4, -0.2) is 34.4 Å². The molecule has 20 heavy (non-hydrogen) atoms. The minimum atomic E-state index is -2.63. The maximum atomic E-state index is 13.4. The van der Waals surface area contributed by atoms with Gasteiger partial charge in [-0.3, -0.25) is 4.90 Å². The van der Waals surface area contributed by atoms with Crippen molar-refractivity contribution in [3.05, 3.63) is 40.8 Å². The van der Waals surface area contributed by atoms with E-state index < -0.39 is 5.92 Å². The van der Waals surface area contributed by atoms with Crippen molar-refractivity contribution in [2.24, 2.45) is 0 Å². The second kappa shape index (κ2) is 4.93. The van der Waals surface area contributed by atoms with Gasteiger partial charge in [-0.1, -0.05) is 28.1 Å². The van der Waals surface area contributed by atoms with Gasteiger partial charge in [0, 0.05) is 10.9 Å². The second-order valence-corrected chi connectivity index (χ2v) is 6.10. The molecule has 1 aromatic carbocycles. The molecule has 3 nitrogen and oxygen atoms in total. The quantitative estimate of drug-likeness (QED) is 0.899. The number of hydrogen-bond donors (Lipinski definition) is 1. The minimum absolute atomic E-state index is 0.184. The van der Waals surface area contributed by atoms with Crippen LogP contribution in [0.4, 0.5) is 8.78 Å². The average Bonchev–Trinajstić information content (AvgIpc) is 2.94. The monoisotopic (exact) mass is 341 g/mol. The molecule has 1 aromatic heterocycles. The number of aromatic nitrogens is 2. The fourth-order valence-electron chi connectivity index (χ4n) is 2.57. The van der Waals surface area contributed by atoms with Crippen molar-refractivity contribution in [2.45, 2.75) is 18.4 Å². The zero-order valence-corrected chi connectivity index (χ0v) is 12.5. The molecule has 1 atom stereocenters. The van der Waals surface area contributed by atoms with E-state index in [4.69, 9.17) is 0 Å². The van der Waals surface area contributed by atoms with Gasteiger partial charge in [0.15, 0.2) is 0 Å². The summed E-state index contributed by atoms with van der Waals surface area (Å²) in [6.45, 7) is -0.216. The molecule has 1 aliphatic rings. The van der Waals surface area contributed by atoms with Crippen LogP contribution >= 0.6 is 15.9 Å². The highest BCUT2D eigenvalue weighted by atomic mass is 79.9. The first-order chi connectivity index (χ1) is 9.44. The Morgan fingerprint density at radius 2 is 2.05 bits per heavy atom. The van der Waals surface area contributed by atoms with E-state index in [0.29, 0.717) is 5.82 Å². The Hall–Kier alpha value is -1.27. The van der Waals surface area contributed by atoms with Crippen molar-refractivity contribution in [1.29, 1.82) is 0 Å². The highest BCUT2D eigenvalue weighted by Gasteiger charge is 2.44. The van der Waals surface area contributed by atoms with Gasteiger partial charge in [0.25, 0.3) is 5.92 Å². The highest BCUT2D eigenvalue weighted by Crippen LogP contribution is 2.39. The van der Waals surface area contributed by atoms with Crippen LogP contribution in [0.1, 0.15) is 18.3 Å². The van der Waals surface area contributed by atoms with E-state index in [9.17, 15) is 8.78 Å². The number of nitrogens with one attached hydrogen (secondary N) is 1. The van der Waals surface area contributed by atoms with Gasteiger partial charge < -0.3 is 4.98 Å². The predicted molar refractivity (Wildman–Crippen MR) is 76.7 cm³/mol. The zero-order chi connectivity index (χ0) is 14.3. The normalized spacial score (nSPS) is 22.3. The van der Waals surface area contributed by atoms with Gasteiger partial charge >= 0.3 is 0 Å². The maximum Gasteiger partial charge on any atom is 0.262 e. The number of halogens is 3. The van der Waals surface area contributed by atoms with Crippen molar-refractivity contribution in [1.82, 2.24) is 14.9 Å². The third-order valence-corrected chi connectivity index (χ3v) is 4.10. The Morgan fingerprint density at radius 1 is 1.35 bits per heavy atom. The number of hydrogen-bond acceptors (Lipinski definition) is 2. The van der Waals surface area contributed by atoms with Crippen molar-refractivity contribution < 1.29 is 8.78 Å². The molecule has 3 rings (SSSR count). The molecule has 1 aliphatic heterocycles. The van der Waals surface area contributed by atoms with E-state index in [2.05, 4.69) is 25.9 Å². The third-order valence-electron chi connectivity index (χ3n) is 3.57. The zero-order valence-electron chi connectivity index (χ0n) is 10.9. The number of imidazole rings is 1. The van der Waals surface area contributed by atoms with Crippen LogP contribution in [0.3, 0.4) is 0 Å². The van der Waals surface area contributed by atoms with Crippen LogP contribution in [0, 0.1) is 0 Å². The molecular formula is C14H14BrF2N3. The summed E-state index contributed by atoms with van der Waals surface area (Å²) in [6.07, 6.45) is 1.51. The Labute approximate surface area is 124 Å². The van der Waals surface area contributed by atoms with Gasteiger partial charge in [0.1, 0.15) is 5.82 Å². The lowest BCUT2D eigenvalue weighted by molar-refractivity contribution is 0.0140. The predicted octanol–water partition coefficient (Wildman–Crippen LogP) is 3.85. The topological polar surface area (TPSA) is 31.9 Å². The van der Waals surface area contributed by atoms with E-state index in [1.54, 1.807) is 18.1 Å². The molecule has 0 spiro atoms. The molecule has 0 bridgehead atoms. The lowest BCUT2D eigenvalue weighted by Crippen LogP contribution is -2.22. The number of nitrogens with zero attached hydrogens (tertiary/aromatic N) is 2. The summed E-state index contributed by atoms with van der Waals surface area (Å²) < 4.78 is 27.8. The minimum Gasteiger partial charge on any atom is -0.341 e. The molecule has 1 N–H and O–H groups in total. The molecular weight excluding hydrogens is 328 g/mol. The van der Waals surface area contributed by atoms with Crippen molar-refractivity contribution in [3.8, 4) is 11.3 Å². The van der Waals surface area contributed by atoms with Crippen molar-refractivity contribution >= 4 is 15.9 Å². The van der Waals surface area contributed by atoms with Gasteiger partial charge in [-0.05, 0) is 24.7 Å². The lowest BCUT2D eigenvalue weighted by Gasteiger charge is -2.15. The molecule has 1 fully saturated rings. The van der Waals surface area contributed by atoms with Crippen LogP contribution in [0.5, 0.6) is 0 Å². The fourth-order valence-corrected chi connectivity index (χ4v) is 2.83. The average molecular weight is 342 g/mol. The number of H-pyrrole nitrogens is 1. The first-order valence-electron chi connectivity index (χ1n) is 6.33. The summed E-state index contributed by atoms with van der Waals surface area (Å²) in [5.74, 6) is -2.04. The standard InChI is InChI=1S/C14H14BrF2N3/c1-20-8-14(16,17)6-12(20)13-18-7-11(19-13)9-2-4-10(15)5-3-9/h2-5,7,12H,6,8H2,1H3,(H,18,19)/t12-/m0/s1. The Bertz CT molecular complexity index is 609. The first kappa shape index (κ1) is 13.7. The second-order valence-electron chi connectivity index (χ2n) is 5.18. The van der Waals surface area contributed by atoms with Gasteiger partial charge in [0.05, 0.1) is 24.5 Å². The van der Waals surface area contributed by atoms with E-state index in [1.807, 2.05) is 24.3 Å². The molecule has 0 radical (unpaired) electrons. The molecule has 1 saturated heterocycles. The largest absolute Gasteiger partial charge is 0.341 e. The molecule has 2 aromatic rings. The van der Waals surface area contributed by atoms with Crippen molar-refractivity contribution in [3.63, 3.8) is 0 Å². The SMILES string of the molecule is CN1CC(F)(F)C[C@H]1c1ncc(-c2ccc(Br)cc2)[nH]1. The van der Waals surface area contributed by atoms with Crippen LogP contribution in [0.15, 0.2) is 34.9 Å². The molecule has 106 valence electrons. The van der Waals surface area contributed by atoms with Gasteiger partial charge in [-0.2, -0.15) is 0 Å². The van der Waals surface area contributed by atoms with E-state index in [1.165, 1.54) is 0 Å². The van der Waals surface area contributed by atoms with Crippen LogP contribution in [0.2, 0.25) is 0 Å². The number of benzene rings is 1. The first-order valence-corrected chi connectivity index (χ1v) is 7.13. The third kappa shape index (κ3) is 2.62.